The van der Waals surface area contributed by atoms with E-state index in [9.17, 15) is 4.79 Å². The Bertz CT molecular complexity index is 137. The van der Waals surface area contributed by atoms with Crippen molar-refractivity contribution in [3.63, 3.8) is 0 Å². The molecule has 3 nitrogen and oxygen atoms in total. The maximum absolute atomic E-state index is 11.1. The molecule has 0 aliphatic carbocycles. The van der Waals surface area contributed by atoms with Crippen LogP contribution in [0.15, 0.2) is 0 Å². The van der Waals surface area contributed by atoms with Crippen molar-refractivity contribution in [2.75, 3.05) is 6.54 Å². The molecule has 0 radical (unpaired) electrons. The molecule has 0 fully saturated rings. The molecule has 13 heavy (non-hydrogen) atoms. The van der Waals surface area contributed by atoms with Gasteiger partial charge in [-0.15, -0.1) is 0 Å². The maximum Gasteiger partial charge on any atom is 0.219 e. The molecule has 0 aromatic heterocycles. The molecule has 0 rings (SSSR count). The van der Waals surface area contributed by atoms with Crippen LogP contribution in [0.25, 0.3) is 0 Å². The van der Waals surface area contributed by atoms with Crippen molar-refractivity contribution in [3.05, 3.63) is 0 Å². The van der Waals surface area contributed by atoms with Crippen LogP contribution in [0.4, 0.5) is 0 Å². The summed E-state index contributed by atoms with van der Waals surface area (Å²) in [5.74, 6) is 0.158. The van der Waals surface area contributed by atoms with Crippen LogP contribution in [0.1, 0.15) is 46.0 Å². The van der Waals surface area contributed by atoms with Gasteiger partial charge in [-0.05, 0) is 19.3 Å². The zero-order valence-corrected chi connectivity index (χ0v) is 8.81. The van der Waals surface area contributed by atoms with E-state index < -0.39 is 0 Å². The van der Waals surface area contributed by atoms with Crippen LogP contribution in [-0.4, -0.2) is 18.5 Å². The van der Waals surface area contributed by atoms with E-state index in [4.69, 9.17) is 5.73 Å². The molecule has 0 heterocycles. The average molecular weight is 186 g/mol. The van der Waals surface area contributed by atoms with Crippen LogP contribution in [0.3, 0.4) is 0 Å². The monoisotopic (exact) mass is 186 g/mol. The minimum absolute atomic E-state index is 0.158. The van der Waals surface area contributed by atoms with Gasteiger partial charge in [-0.1, -0.05) is 20.3 Å². The quantitative estimate of drug-likeness (QED) is 0.632. The Labute approximate surface area is 81.1 Å². The molecule has 0 saturated heterocycles. The second-order valence-electron chi connectivity index (χ2n) is 3.41. The van der Waals surface area contributed by atoms with Crippen molar-refractivity contribution in [1.82, 2.24) is 5.32 Å². The van der Waals surface area contributed by atoms with Crippen LogP contribution in [0.5, 0.6) is 0 Å². The number of unbranched alkanes of at least 4 members (excludes halogenated alkanes) is 1. The van der Waals surface area contributed by atoms with Gasteiger partial charge >= 0.3 is 0 Å². The number of nitrogens with two attached hydrogens (primary N) is 1. The first-order valence-corrected chi connectivity index (χ1v) is 5.23. The van der Waals surface area contributed by atoms with Gasteiger partial charge in [-0.3, -0.25) is 4.79 Å². The van der Waals surface area contributed by atoms with Gasteiger partial charge in [0, 0.05) is 19.0 Å². The fourth-order valence-electron chi connectivity index (χ4n) is 1.03. The van der Waals surface area contributed by atoms with Crippen LogP contribution >= 0.6 is 0 Å². The summed E-state index contributed by atoms with van der Waals surface area (Å²) in [4.78, 5) is 11.1. The van der Waals surface area contributed by atoms with Gasteiger partial charge in [0.05, 0.1) is 0 Å². The highest BCUT2D eigenvalue weighted by atomic mass is 16.1. The summed E-state index contributed by atoms with van der Waals surface area (Å²) >= 11 is 0. The van der Waals surface area contributed by atoms with Gasteiger partial charge < -0.3 is 11.1 Å². The Morgan fingerprint density at radius 2 is 2.15 bits per heavy atom. The van der Waals surface area contributed by atoms with Crippen LogP contribution in [-0.2, 0) is 4.79 Å². The Morgan fingerprint density at radius 1 is 1.46 bits per heavy atom. The molecule has 3 heteroatoms. The first kappa shape index (κ1) is 12.4. The number of rotatable bonds is 7. The first-order valence-electron chi connectivity index (χ1n) is 5.23. The lowest BCUT2D eigenvalue weighted by Gasteiger charge is -2.09. The number of hydrogen-bond acceptors (Lipinski definition) is 2. The van der Waals surface area contributed by atoms with Gasteiger partial charge in [0.1, 0.15) is 0 Å². The number of amides is 1. The van der Waals surface area contributed by atoms with Crippen molar-refractivity contribution < 1.29 is 4.79 Å². The number of hydrogen-bond donors (Lipinski definition) is 2. The van der Waals surface area contributed by atoms with E-state index >= 15 is 0 Å². The van der Waals surface area contributed by atoms with E-state index in [0.717, 1.165) is 32.2 Å². The zero-order valence-electron chi connectivity index (χ0n) is 8.81. The molecule has 0 bridgehead atoms. The third-order valence-corrected chi connectivity index (χ3v) is 2.12. The second kappa shape index (κ2) is 8.05. The summed E-state index contributed by atoms with van der Waals surface area (Å²) in [5, 5.41) is 2.86. The normalized spacial score (nSPS) is 12.5. The van der Waals surface area contributed by atoms with E-state index in [1.807, 2.05) is 0 Å². The standard InChI is InChI=1S/C10H22N2O/c1-3-5-6-10(13)12-8-7-9(11)4-2/h9H,3-8,11H2,1-2H3,(H,12,13). The summed E-state index contributed by atoms with van der Waals surface area (Å²) in [7, 11) is 0. The molecule has 3 N–H and O–H groups in total. The van der Waals surface area contributed by atoms with Crippen molar-refractivity contribution in [2.45, 2.75) is 52.0 Å². The summed E-state index contributed by atoms with van der Waals surface area (Å²) in [6.07, 6.45) is 4.56. The van der Waals surface area contributed by atoms with E-state index in [1.165, 1.54) is 0 Å². The molecule has 1 unspecified atom stereocenters. The van der Waals surface area contributed by atoms with Gasteiger partial charge in [0.25, 0.3) is 0 Å². The van der Waals surface area contributed by atoms with Crippen molar-refractivity contribution >= 4 is 5.91 Å². The summed E-state index contributed by atoms with van der Waals surface area (Å²) in [6.45, 7) is 4.86. The molecule has 0 aliphatic heterocycles. The van der Waals surface area contributed by atoms with Crippen molar-refractivity contribution in [1.29, 1.82) is 0 Å². The SMILES string of the molecule is CCCCC(=O)NCCC(N)CC. The number of carbonyl (C=O) groups is 1. The third-order valence-electron chi connectivity index (χ3n) is 2.12. The predicted octanol–water partition coefficient (Wildman–Crippen LogP) is 1.42. The molecule has 0 aromatic carbocycles. The molecule has 0 saturated carbocycles. The second-order valence-corrected chi connectivity index (χ2v) is 3.41. The fourth-order valence-corrected chi connectivity index (χ4v) is 1.03. The molecule has 0 aromatic rings. The maximum atomic E-state index is 11.1. The molecule has 0 spiro atoms. The molecular weight excluding hydrogens is 164 g/mol. The Balaban J connectivity index is 3.26. The Kier molecular flexibility index (Phi) is 7.69. The highest BCUT2D eigenvalue weighted by Crippen LogP contribution is 1.94. The van der Waals surface area contributed by atoms with Crippen molar-refractivity contribution in [2.24, 2.45) is 5.73 Å². The average Bonchev–Trinajstić information content (AvgIpc) is 2.14. The Hall–Kier alpha value is -0.570. The summed E-state index contributed by atoms with van der Waals surface area (Å²) in [6, 6.07) is 0.228. The predicted molar refractivity (Wildman–Crippen MR) is 55.4 cm³/mol. The number of carbonyl (C=O) groups excluding carboxylic acids is 1. The lowest BCUT2D eigenvalue weighted by Crippen LogP contribution is -2.29. The number of nitrogens with one attached hydrogen (secondary N) is 1. The minimum Gasteiger partial charge on any atom is -0.356 e. The van der Waals surface area contributed by atoms with Gasteiger partial charge in [0.15, 0.2) is 0 Å². The summed E-state index contributed by atoms with van der Waals surface area (Å²) < 4.78 is 0. The van der Waals surface area contributed by atoms with Crippen LogP contribution < -0.4 is 11.1 Å². The van der Waals surface area contributed by atoms with Crippen molar-refractivity contribution in [3.8, 4) is 0 Å². The lowest BCUT2D eigenvalue weighted by molar-refractivity contribution is -0.121. The highest BCUT2D eigenvalue weighted by Gasteiger charge is 2.01. The third kappa shape index (κ3) is 7.78. The van der Waals surface area contributed by atoms with Crippen LogP contribution in [0, 0.1) is 0 Å². The van der Waals surface area contributed by atoms with Gasteiger partial charge in [0.2, 0.25) is 5.91 Å². The topological polar surface area (TPSA) is 55.1 Å². The molecule has 1 atom stereocenters. The lowest BCUT2D eigenvalue weighted by atomic mass is 10.1. The van der Waals surface area contributed by atoms with E-state index in [0.29, 0.717) is 6.42 Å². The van der Waals surface area contributed by atoms with Gasteiger partial charge in [-0.25, -0.2) is 0 Å². The zero-order chi connectivity index (χ0) is 10.1. The fraction of sp³-hybridized carbons (Fsp3) is 0.900. The van der Waals surface area contributed by atoms with E-state index in [2.05, 4.69) is 19.2 Å². The minimum atomic E-state index is 0.158. The largest absolute Gasteiger partial charge is 0.356 e. The van der Waals surface area contributed by atoms with E-state index in [1.54, 1.807) is 0 Å². The molecule has 78 valence electrons. The van der Waals surface area contributed by atoms with Crippen LogP contribution in [0.2, 0.25) is 0 Å². The Morgan fingerprint density at radius 3 is 2.69 bits per heavy atom. The molecular formula is C10H22N2O. The summed E-state index contributed by atoms with van der Waals surface area (Å²) in [5.41, 5.74) is 5.71. The van der Waals surface area contributed by atoms with E-state index in [-0.39, 0.29) is 11.9 Å². The smallest absolute Gasteiger partial charge is 0.219 e. The van der Waals surface area contributed by atoms with Gasteiger partial charge in [-0.2, -0.15) is 0 Å². The molecule has 1 amide bonds. The first-order chi connectivity index (χ1) is 6.20. The molecule has 0 aliphatic rings. The highest BCUT2D eigenvalue weighted by molar-refractivity contribution is 5.75.